The van der Waals surface area contributed by atoms with Crippen molar-refractivity contribution >= 4 is 23.2 Å². The first-order valence-electron chi connectivity index (χ1n) is 6.50. The Labute approximate surface area is 123 Å². The van der Waals surface area contributed by atoms with Gasteiger partial charge in [0.2, 0.25) is 5.91 Å². The molecule has 1 heterocycles. The summed E-state index contributed by atoms with van der Waals surface area (Å²) in [7, 11) is 0. The van der Waals surface area contributed by atoms with Crippen molar-refractivity contribution in [2.75, 3.05) is 19.6 Å². The van der Waals surface area contributed by atoms with Crippen molar-refractivity contribution < 1.29 is 9.59 Å². The number of hydrogen-bond acceptors (Lipinski definition) is 3. The Balaban J connectivity index is 2.25. The third-order valence-electron chi connectivity index (χ3n) is 2.65. The summed E-state index contributed by atoms with van der Waals surface area (Å²) in [4.78, 5) is 26.0. The molecule has 0 aliphatic rings. The minimum absolute atomic E-state index is 0.0511. The molecule has 0 aliphatic carbocycles. The van der Waals surface area contributed by atoms with E-state index in [2.05, 4.69) is 18.5 Å². The highest BCUT2D eigenvalue weighted by atomic mass is 32.1. The molecule has 0 aromatic carbocycles. The fourth-order valence-corrected chi connectivity index (χ4v) is 2.32. The van der Waals surface area contributed by atoms with Crippen LogP contribution in [0.1, 0.15) is 22.5 Å². The molecule has 108 valence electrons. The van der Waals surface area contributed by atoms with E-state index in [0.717, 1.165) is 0 Å². The first-order chi connectivity index (χ1) is 9.69. The van der Waals surface area contributed by atoms with Gasteiger partial charge < -0.3 is 10.2 Å². The molecule has 0 atom stereocenters. The summed E-state index contributed by atoms with van der Waals surface area (Å²) in [5.41, 5.74) is 0. The lowest BCUT2D eigenvalue weighted by Crippen LogP contribution is -2.32. The van der Waals surface area contributed by atoms with Crippen molar-refractivity contribution in [3.05, 3.63) is 47.7 Å². The number of carbonyl (C=O) groups is 2. The number of nitrogens with zero attached hydrogens (tertiary/aromatic N) is 1. The maximum atomic E-state index is 11.9. The van der Waals surface area contributed by atoms with Gasteiger partial charge in [-0.25, -0.2) is 0 Å². The SMILES string of the molecule is C=CCN(CC=C)C(=O)CCCNC(=O)c1cccs1. The summed E-state index contributed by atoms with van der Waals surface area (Å²) in [6, 6.07) is 3.62. The monoisotopic (exact) mass is 292 g/mol. The van der Waals surface area contributed by atoms with Crippen LogP contribution in [-0.4, -0.2) is 36.3 Å². The normalized spacial score (nSPS) is 9.80. The van der Waals surface area contributed by atoms with E-state index in [1.54, 1.807) is 23.1 Å². The van der Waals surface area contributed by atoms with Crippen LogP contribution >= 0.6 is 11.3 Å². The first kappa shape index (κ1) is 16.2. The smallest absolute Gasteiger partial charge is 0.261 e. The Bertz CT molecular complexity index is 444. The van der Waals surface area contributed by atoms with Gasteiger partial charge in [-0.15, -0.1) is 24.5 Å². The fraction of sp³-hybridized carbons (Fsp3) is 0.333. The zero-order chi connectivity index (χ0) is 14.8. The highest BCUT2D eigenvalue weighted by molar-refractivity contribution is 7.12. The van der Waals surface area contributed by atoms with Crippen molar-refractivity contribution in [2.24, 2.45) is 0 Å². The van der Waals surface area contributed by atoms with Crippen LogP contribution in [-0.2, 0) is 4.79 Å². The Kier molecular flexibility index (Phi) is 7.35. The molecule has 5 heteroatoms. The van der Waals surface area contributed by atoms with Crippen LogP contribution in [0.3, 0.4) is 0 Å². The molecule has 20 heavy (non-hydrogen) atoms. The van der Waals surface area contributed by atoms with Gasteiger partial charge in [-0.2, -0.15) is 0 Å². The standard InChI is InChI=1S/C15H20N2O2S/c1-3-10-17(11-4-2)14(18)8-5-9-16-15(19)13-7-6-12-20-13/h3-4,6-7,12H,1-2,5,8-11H2,(H,16,19). The number of thiophene rings is 1. The van der Waals surface area contributed by atoms with Crippen LogP contribution < -0.4 is 5.32 Å². The average molecular weight is 292 g/mol. The van der Waals surface area contributed by atoms with E-state index in [1.807, 2.05) is 11.4 Å². The van der Waals surface area contributed by atoms with Crippen molar-refractivity contribution in [1.29, 1.82) is 0 Å². The minimum Gasteiger partial charge on any atom is -0.351 e. The number of hydrogen-bond donors (Lipinski definition) is 1. The molecular weight excluding hydrogens is 272 g/mol. The van der Waals surface area contributed by atoms with Gasteiger partial charge in [-0.3, -0.25) is 9.59 Å². The first-order valence-corrected chi connectivity index (χ1v) is 7.38. The van der Waals surface area contributed by atoms with Crippen molar-refractivity contribution in [3.63, 3.8) is 0 Å². The van der Waals surface area contributed by atoms with E-state index < -0.39 is 0 Å². The summed E-state index contributed by atoms with van der Waals surface area (Å²) in [5, 5.41) is 4.67. The van der Waals surface area contributed by atoms with Gasteiger partial charge in [0.05, 0.1) is 4.88 Å². The lowest BCUT2D eigenvalue weighted by molar-refractivity contribution is -0.130. The molecule has 0 bridgehead atoms. The Morgan fingerprint density at radius 3 is 2.55 bits per heavy atom. The summed E-state index contributed by atoms with van der Waals surface area (Å²) in [6.07, 6.45) is 4.42. The molecule has 1 aromatic rings. The fourth-order valence-electron chi connectivity index (χ4n) is 1.68. The number of rotatable bonds is 9. The molecular formula is C15H20N2O2S. The van der Waals surface area contributed by atoms with Gasteiger partial charge in [-0.1, -0.05) is 18.2 Å². The zero-order valence-electron chi connectivity index (χ0n) is 11.5. The van der Waals surface area contributed by atoms with Gasteiger partial charge in [0.25, 0.3) is 5.91 Å². The third-order valence-corrected chi connectivity index (χ3v) is 3.52. The summed E-state index contributed by atoms with van der Waals surface area (Å²) in [6.45, 7) is 8.80. The quantitative estimate of drug-likeness (QED) is 0.561. The van der Waals surface area contributed by atoms with E-state index >= 15 is 0 Å². The van der Waals surface area contributed by atoms with Crippen LogP contribution in [0.2, 0.25) is 0 Å². The van der Waals surface area contributed by atoms with E-state index in [9.17, 15) is 9.59 Å². The average Bonchev–Trinajstić information content (AvgIpc) is 2.97. The Morgan fingerprint density at radius 1 is 1.30 bits per heavy atom. The summed E-state index contributed by atoms with van der Waals surface area (Å²) in [5.74, 6) is -0.0309. The molecule has 0 aliphatic heterocycles. The molecule has 4 nitrogen and oxygen atoms in total. The highest BCUT2D eigenvalue weighted by Gasteiger charge is 2.10. The molecule has 0 saturated carbocycles. The van der Waals surface area contributed by atoms with Gasteiger partial charge in [-0.05, 0) is 17.9 Å². The molecule has 0 fully saturated rings. The van der Waals surface area contributed by atoms with Gasteiger partial charge in [0.15, 0.2) is 0 Å². The van der Waals surface area contributed by atoms with Crippen LogP contribution in [0.5, 0.6) is 0 Å². The van der Waals surface area contributed by atoms with Crippen LogP contribution in [0.15, 0.2) is 42.8 Å². The van der Waals surface area contributed by atoms with Gasteiger partial charge >= 0.3 is 0 Å². The second kappa shape index (κ2) is 9.09. The molecule has 0 unspecified atom stereocenters. The van der Waals surface area contributed by atoms with Gasteiger partial charge in [0, 0.05) is 26.1 Å². The number of nitrogens with one attached hydrogen (secondary N) is 1. The lowest BCUT2D eigenvalue weighted by atomic mass is 10.2. The topological polar surface area (TPSA) is 49.4 Å². The largest absolute Gasteiger partial charge is 0.351 e. The number of amides is 2. The Morgan fingerprint density at radius 2 is 2.00 bits per heavy atom. The second-order valence-corrected chi connectivity index (χ2v) is 5.16. The molecule has 1 aromatic heterocycles. The molecule has 2 amide bonds. The predicted octanol–water partition coefficient (Wildman–Crippen LogP) is 2.46. The van der Waals surface area contributed by atoms with E-state index in [4.69, 9.17) is 0 Å². The van der Waals surface area contributed by atoms with E-state index in [1.165, 1.54) is 11.3 Å². The minimum atomic E-state index is -0.0820. The maximum absolute atomic E-state index is 11.9. The molecule has 1 N–H and O–H groups in total. The van der Waals surface area contributed by atoms with E-state index in [-0.39, 0.29) is 11.8 Å². The molecule has 0 spiro atoms. The lowest BCUT2D eigenvalue weighted by Gasteiger charge is -2.19. The van der Waals surface area contributed by atoms with Crippen LogP contribution in [0.25, 0.3) is 0 Å². The van der Waals surface area contributed by atoms with E-state index in [0.29, 0.717) is 37.4 Å². The molecule has 0 saturated heterocycles. The van der Waals surface area contributed by atoms with Crippen molar-refractivity contribution in [3.8, 4) is 0 Å². The highest BCUT2D eigenvalue weighted by Crippen LogP contribution is 2.07. The summed E-state index contributed by atoms with van der Waals surface area (Å²) < 4.78 is 0. The predicted molar refractivity (Wildman–Crippen MR) is 82.9 cm³/mol. The van der Waals surface area contributed by atoms with Crippen LogP contribution in [0, 0.1) is 0 Å². The van der Waals surface area contributed by atoms with Crippen molar-refractivity contribution in [1.82, 2.24) is 10.2 Å². The zero-order valence-corrected chi connectivity index (χ0v) is 12.3. The Hall–Kier alpha value is -1.88. The number of carbonyl (C=O) groups excluding carboxylic acids is 2. The molecule has 0 radical (unpaired) electrons. The summed E-state index contributed by atoms with van der Waals surface area (Å²) >= 11 is 1.40. The maximum Gasteiger partial charge on any atom is 0.261 e. The molecule has 1 rings (SSSR count). The van der Waals surface area contributed by atoms with Crippen molar-refractivity contribution in [2.45, 2.75) is 12.8 Å². The second-order valence-electron chi connectivity index (χ2n) is 4.21. The van der Waals surface area contributed by atoms with Gasteiger partial charge in [0.1, 0.15) is 0 Å². The van der Waals surface area contributed by atoms with Crippen LogP contribution in [0.4, 0.5) is 0 Å². The third kappa shape index (κ3) is 5.40.